The Labute approximate surface area is 209 Å². The third-order valence-corrected chi connectivity index (χ3v) is 7.60. The Morgan fingerprint density at radius 2 is 1.94 bits per heavy atom. The quantitative estimate of drug-likeness (QED) is 0.454. The van der Waals surface area contributed by atoms with E-state index in [2.05, 4.69) is 27.6 Å². The molecule has 35 heavy (non-hydrogen) atoms. The number of hydrogen-bond donors (Lipinski definition) is 3. The lowest BCUT2D eigenvalue weighted by molar-refractivity contribution is 0.0928. The summed E-state index contributed by atoms with van der Waals surface area (Å²) in [6.07, 6.45) is 2.76. The molecule has 1 saturated heterocycles. The third kappa shape index (κ3) is 4.97. The molecule has 1 aliphatic heterocycles. The number of ether oxygens (including phenoxy) is 1. The van der Waals surface area contributed by atoms with Gasteiger partial charge in [-0.2, -0.15) is 0 Å². The fourth-order valence-corrected chi connectivity index (χ4v) is 5.70. The number of amides is 2. The molecule has 2 aromatic carbocycles. The lowest BCUT2D eigenvalue weighted by Crippen LogP contribution is -2.46. The van der Waals surface area contributed by atoms with Crippen molar-refractivity contribution in [2.45, 2.75) is 57.8 Å². The zero-order valence-corrected chi connectivity index (χ0v) is 20.8. The van der Waals surface area contributed by atoms with E-state index in [1.807, 2.05) is 38.1 Å². The van der Waals surface area contributed by atoms with E-state index in [-0.39, 0.29) is 24.3 Å². The van der Waals surface area contributed by atoms with Crippen LogP contribution in [0.2, 0.25) is 0 Å². The summed E-state index contributed by atoms with van der Waals surface area (Å²) in [5.74, 6) is 0.670. The van der Waals surface area contributed by atoms with Gasteiger partial charge in [0.25, 0.3) is 0 Å². The lowest BCUT2D eigenvalue weighted by Gasteiger charge is -2.30. The van der Waals surface area contributed by atoms with Crippen molar-refractivity contribution in [3.63, 3.8) is 0 Å². The number of urea groups is 1. The number of nitrogens with zero attached hydrogens (tertiary/aromatic N) is 3. The molecule has 0 saturated carbocycles. The number of aromatic nitrogens is 2. The molecule has 2 amide bonds. The molecule has 5 rings (SSSR count). The Morgan fingerprint density at radius 1 is 1.17 bits per heavy atom. The second kappa shape index (κ2) is 9.83. The highest BCUT2D eigenvalue weighted by atomic mass is 32.1. The van der Waals surface area contributed by atoms with Crippen LogP contribution < -0.4 is 15.8 Å². The lowest BCUT2D eigenvalue weighted by atomic mass is 10.0. The van der Waals surface area contributed by atoms with Crippen LogP contribution in [0.25, 0.3) is 21.1 Å². The summed E-state index contributed by atoms with van der Waals surface area (Å²) in [6, 6.07) is 11.8. The maximum atomic E-state index is 12.8. The van der Waals surface area contributed by atoms with Crippen LogP contribution in [0.1, 0.15) is 50.3 Å². The van der Waals surface area contributed by atoms with E-state index in [4.69, 9.17) is 10.5 Å². The van der Waals surface area contributed by atoms with Crippen molar-refractivity contribution in [1.29, 1.82) is 0 Å². The second-order valence-electron chi connectivity index (χ2n) is 9.46. The van der Waals surface area contributed by atoms with Crippen LogP contribution in [0.3, 0.4) is 0 Å². The standard InChI is InChI=1S/C26H31N5O3S/c1-15(2)34-23-9-6-16(14-21(23)27)24-29-30-25(35-24)20-5-3-4-19-18(20)7-8-22(19)28-26(33)31-12-10-17(32)11-13-31/h3-6,9,14-15,17,22,32H,7-8,10-13,27H2,1-2H3,(H,28,33)/t22-/m0/s1. The van der Waals surface area contributed by atoms with Gasteiger partial charge in [0.2, 0.25) is 0 Å². The van der Waals surface area contributed by atoms with E-state index in [1.165, 1.54) is 16.9 Å². The Balaban J connectivity index is 1.33. The number of nitrogen functional groups attached to an aromatic ring is 1. The van der Waals surface area contributed by atoms with Gasteiger partial charge in [0.05, 0.1) is 23.9 Å². The highest BCUT2D eigenvalue weighted by molar-refractivity contribution is 7.17. The molecule has 1 atom stereocenters. The van der Waals surface area contributed by atoms with E-state index in [0.29, 0.717) is 37.4 Å². The van der Waals surface area contributed by atoms with Crippen LogP contribution in [-0.4, -0.2) is 51.5 Å². The van der Waals surface area contributed by atoms with Crippen LogP contribution >= 0.6 is 11.3 Å². The topological polar surface area (TPSA) is 114 Å². The Kier molecular flexibility index (Phi) is 6.62. The summed E-state index contributed by atoms with van der Waals surface area (Å²) in [4.78, 5) is 14.6. The minimum atomic E-state index is -0.298. The molecule has 0 spiro atoms. The Morgan fingerprint density at radius 3 is 2.69 bits per heavy atom. The number of carbonyl (C=O) groups is 1. The number of hydrogen-bond acceptors (Lipinski definition) is 7. The van der Waals surface area contributed by atoms with Crippen LogP contribution in [0.4, 0.5) is 10.5 Å². The van der Waals surface area contributed by atoms with Gasteiger partial charge in [-0.3, -0.25) is 0 Å². The van der Waals surface area contributed by atoms with E-state index in [9.17, 15) is 9.90 Å². The van der Waals surface area contributed by atoms with E-state index < -0.39 is 0 Å². The Bertz CT molecular complexity index is 1220. The van der Waals surface area contributed by atoms with Crippen LogP contribution in [0.5, 0.6) is 5.75 Å². The fraction of sp³-hybridized carbons (Fsp3) is 0.423. The van der Waals surface area contributed by atoms with Gasteiger partial charge in [0.15, 0.2) is 0 Å². The highest BCUT2D eigenvalue weighted by Gasteiger charge is 2.29. The maximum Gasteiger partial charge on any atom is 0.317 e. The SMILES string of the molecule is CC(C)Oc1ccc(-c2nnc(-c3cccc4c3CC[C@@H]4NC(=O)N3CCC(O)CC3)s2)cc1N. The van der Waals surface area contributed by atoms with E-state index in [1.54, 1.807) is 4.90 Å². The largest absolute Gasteiger partial charge is 0.489 e. The predicted octanol–water partition coefficient (Wildman–Crippen LogP) is 4.40. The van der Waals surface area contributed by atoms with Crippen molar-refractivity contribution < 1.29 is 14.6 Å². The molecule has 1 aromatic heterocycles. The van der Waals surface area contributed by atoms with Crippen LogP contribution in [-0.2, 0) is 6.42 Å². The molecule has 9 heteroatoms. The number of fused-ring (bicyclic) bond motifs is 1. The van der Waals surface area contributed by atoms with Gasteiger partial charge < -0.3 is 25.8 Å². The number of rotatable bonds is 5. The van der Waals surface area contributed by atoms with Crippen molar-refractivity contribution >= 4 is 23.1 Å². The first-order chi connectivity index (χ1) is 16.9. The summed E-state index contributed by atoms with van der Waals surface area (Å²) in [6.45, 7) is 5.12. The maximum absolute atomic E-state index is 12.8. The smallest absolute Gasteiger partial charge is 0.317 e. The first kappa shape index (κ1) is 23.6. The number of anilines is 1. The van der Waals surface area contributed by atoms with Gasteiger partial charge in [-0.15, -0.1) is 10.2 Å². The van der Waals surface area contributed by atoms with Crippen molar-refractivity contribution in [2.75, 3.05) is 18.8 Å². The molecule has 0 unspecified atom stereocenters. The Hall–Kier alpha value is -3.17. The molecule has 4 N–H and O–H groups in total. The zero-order chi connectivity index (χ0) is 24.5. The first-order valence-electron chi connectivity index (χ1n) is 12.1. The summed E-state index contributed by atoms with van der Waals surface area (Å²) in [5, 5.41) is 23.5. The molecule has 184 valence electrons. The molecule has 2 aliphatic rings. The summed E-state index contributed by atoms with van der Waals surface area (Å²) >= 11 is 1.53. The number of likely N-dealkylation sites (tertiary alicyclic amines) is 1. The summed E-state index contributed by atoms with van der Waals surface area (Å²) in [7, 11) is 0. The number of aliphatic hydroxyl groups is 1. The monoisotopic (exact) mass is 493 g/mol. The number of benzene rings is 2. The minimum absolute atomic E-state index is 0.0232. The number of piperidine rings is 1. The number of nitrogens with one attached hydrogen (secondary N) is 1. The first-order valence-corrected chi connectivity index (χ1v) is 13.0. The van der Waals surface area contributed by atoms with Crippen LogP contribution in [0, 0.1) is 0 Å². The molecule has 8 nitrogen and oxygen atoms in total. The summed E-state index contributed by atoms with van der Waals surface area (Å²) < 4.78 is 5.74. The molecule has 3 aromatic rings. The van der Waals surface area contributed by atoms with Gasteiger partial charge in [0.1, 0.15) is 15.8 Å². The average Bonchev–Trinajstić information content (AvgIpc) is 3.48. The van der Waals surface area contributed by atoms with Crippen molar-refractivity contribution in [1.82, 2.24) is 20.4 Å². The number of nitrogens with two attached hydrogens (primary N) is 1. The van der Waals surface area contributed by atoms with Crippen LogP contribution in [0.15, 0.2) is 36.4 Å². The van der Waals surface area contributed by atoms with Gasteiger partial charge in [-0.1, -0.05) is 29.5 Å². The summed E-state index contributed by atoms with van der Waals surface area (Å²) in [5.41, 5.74) is 11.1. The molecule has 1 fully saturated rings. The van der Waals surface area contributed by atoms with Gasteiger partial charge in [0, 0.05) is 24.2 Å². The normalized spacial score (nSPS) is 18.1. The van der Waals surface area contributed by atoms with Gasteiger partial charge in [-0.25, -0.2) is 4.79 Å². The van der Waals surface area contributed by atoms with Crippen molar-refractivity contribution in [2.24, 2.45) is 0 Å². The zero-order valence-electron chi connectivity index (χ0n) is 20.0. The molecule has 0 radical (unpaired) electrons. The molecular formula is C26H31N5O3S. The highest BCUT2D eigenvalue weighted by Crippen LogP contribution is 2.40. The molecule has 0 bridgehead atoms. The molecular weight excluding hydrogens is 462 g/mol. The third-order valence-electron chi connectivity index (χ3n) is 6.59. The average molecular weight is 494 g/mol. The van der Waals surface area contributed by atoms with Crippen molar-refractivity contribution in [3.05, 3.63) is 47.5 Å². The van der Waals surface area contributed by atoms with Crippen molar-refractivity contribution in [3.8, 4) is 26.9 Å². The minimum Gasteiger partial charge on any atom is -0.489 e. The van der Waals surface area contributed by atoms with Gasteiger partial charge in [-0.05, 0) is 68.9 Å². The van der Waals surface area contributed by atoms with Gasteiger partial charge >= 0.3 is 6.03 Å². The number of aliphatic hydroxyl groups excluding tert-OH is 1. The molecule has 2 heterocycles. The van der Waals surface area contributed by atoms with E-state index in [0.717, 1.165) is 39.5 Å². The second-order valence-corrected chi connectivity index (χ2v) is 10.4. The number of carbonyl (C=O) groups excluding carboxylic acids is 1. The molecule has 1 aliphatic carbocycles. The predicted molar refractivity (Wildman–Crippen MR) is 137 cm³/mol. The fourth-order valence-electron chi connectivity index (χ4n) is 4.81. The van der Waals surface area contributed by atoms with E-state index >= 15 is 0 Å².